The molecule has 0 unspecified atom stereocenters. The third kappa shape index (κ3) is 2.20. The Labute approximate surface area is 105 Å². The van der Waals surface area contributed by atoms with Crippen LogP contribution in [-0.4, -0.2) is 23.2 Å². The van der Waals surface area contributed by atoms with E-state index in [2.05, 4.69) is 15.3 Å². The van der Waals surface area contributed by atoms with Gasteiger partial charge in [-0.15, -0.1) is 0 Å². The van der Waals surface area contributed by atoms with Crippen LogP contribution in [0.15, 0.2) is 36.9 Å². The quantitative estimate of drug-likeness (QED) is 0.891. The van der Waals surface area contributed by atoms with Gasteiger partial charge in [0.25, 0.3) is 0 Å². The molecular weight excluding hydrogens is 230 g/mol. The second-order valence-corrected chi connectivity index (χ2v) is 3.92. The van der Waals surface area contributed by atoms with Crippen molar-refractivity contribution < 1.29 is 9.47 Å². The van der Waals surface area contributed by atoms with Gasteiger partial charge >= 0.3 is 0 Å². The van der Waals surface area contributed by atoms with Crippen LogP contribution in [0.2, 0.25) is 0 Å². The van der Waals surface area contributed by atoms with E-state index in [-0.39, 0.29) is 0 Å². The summed E-state index contributed by atoms with van der Waals surface area (Å²) in [7, 11) is 0. The molecule has 0 amide bonds. The molecule has 18 heavy (non-hydrogen) atoms. The molecule has 2 aromatic rings. The van der Waals surface area contributed by atoms with Gasteiger partial charge in [-0.05, 0) is 6.07 Å². The number of nitrogens with zero attached hydrogens (tertiary/aromatic N) is 2. The number of hydrogen-bond acceptors (Lipinski definition) is 5. The zero-order chi connectivity index (χ0) is 12.2. The van der Waals surface area contributed by atoms with E-state index in [9.17, 15) is 0 Å². The lowest BCUT2D eigenvalue weighted by molar-refractivity contribution is 0.170. The van der Waals surface area contributed by atoms with Crippen molar-refractivity contribution in [1.82, 2.24) is 9.97 Å². The second-order valence-electron chi connectivity index (χ2n) is 3.92. The van der Waals surface area contributed by atoms with Crippen LogP contribution in [0, 0.1) is 0 Å². The van der Waals surface area contributed by atoms with Crippen LogP contribution in [0.3, 0.4) is 0 Å². The van der Waals surface area contributed by atoms with Gasteiger partial charge in [-0.3, -0.25) is 0 Å². The summed E-state index contributed by atoms with van der Waals surface area (Å²) < 4.78 is 11.2. The van der Waals surface area contributed by atoms with Gasteiger partial charge in [0, 0.05) is 12.1 Å². The highest BCUT2D eigenvalue weighted by Crippen LogP contribution is 2.33. The van der Waals surface area contributed by atoms with E-state index in [4.69, 9.17) is 9.47 Å². The molecule has 0 bridgehead atoms. The summed E-state index contributed by atoms with van der Waals surface area (Å²) >= 11 is 0. The minimum absolute atomic E-state index is 0.596. The van der Waals surface area contributed by atoms with Crippen LogP contribution in [0.5, 0.6) is 11.5 Å². The van der Waals surface area contributed by atoms with Gasteiger partial charge in [-0.1, -0.05) is 12.1 Å². The van der Waals surface area contributed by atoms with Crippen molar-refractivity contribution in [2.75, 3.05) is 18.5 Å². The highest BCUT2D eigenvalue weighted by Gasteiger charge is 2.14. The van der Waals surface area contributed by atoms with Crippen LogP contribution >= 0.6 is 0 Å². The third-order valence-electron chi connectivity index (χ3n) is 2.69. The van der Waals surface area contributed by atoms with Crippen molar-refractivity contribution in [1.29, 1.82) is 0 Å². The van der Waals surface area contributed by atoms with Gasteiger partial charge in [0.15, 0.2) is 11.5 Å². The van der Waals surface area contributed by atoms with Gasteiger partial charge in [0.1, 0.15) is 19.5 Å². The maximum absolute atomic E-state index is 5.65. The normalized spacial score (nSPS) is 13.1. The number of fused-ring (bicyclic) bond motifs is 1. The molecule has 1 aromatic heterocycles. The van der Waals surface area contributed by atoms with Crippen LogP contribution < -0.4 is 14.8 Å². The molecule has 1 aromatic carbocycles. The molecule has 0 fully saturated rings. The topological polar surface area (TPSA) is 56.3 Å². The molecule has 0 radical (unpaired) electrons. The summed E-state index contributed by atoms with van der Waals surface area (Å²) in [6.45, 7) is 1.86. The van der Waals surface area contributed by atoms with E-state index in [1.165, 1.54) is 6.33 Å². The minimum Gasteiger partial charge on any atom is -0.486 e. The van der Waals surface area contributed by atoms with Gasteiger partial charge in [-0.2, -0.15) is 0 Å². The summed E-state index contributed by atoms with van der Waals surface area (Å²) in [5.74, 6) is 1.64. The van der Waals surface area contributed by atoms with E-state index < -0.39 is 0 Å². The molecule has 3 rings (SSSR count). The molecule has 0 aliphatic carbocycles. The first-order chi connectivity index (χ1) is 8.93. The van der Waals surface area contributed by atoms with E-state index in [0.29, 0.717) is 19.8 Å². The lowest BCUT2D eigenvalue weighted by Gasteiger charge is -2.21. The monoisotopic (exact) mass is 243 g/mol. The summed E-state index contributed by atoms with van der Waals surface area (Å²) in [5.41, 5.74) is 1.95. The summed E-state index contributed by atoms with van der Waals surface area (Å²) in [4.78, 5) is 7.91. The number of anilines is 1. The number of nitrogens with one attached hydrogen (secondary N) is 1. The maximum Gasteiger partial charge on any atom is 0.166 e. The molecule has 0 saturated carbocycles. The fourth-order valence-corrected chi connectivity index (χ4v) is 1.86. The molecule has 1 N–H and O–H groups in total. The van der Waals surface area contributed by atoms with Crippen LogP contribution in [0.25, 0.3) is 0 Å². The highest BCUT2D eigenvalue weighted by molar-refractivity contribution is 5.49. The van der Waals surface area contributed by atoms with Crippen molar-refractivity contribution >= 4 is 5.69 Å². The van der Waals surface area contributed by atoms with Crippen LogP contribution in [-0.2, 0) is 6.54 Å². The first-order valence-electron chi connectivity index (χ1n) is 5.80. The predicted molar refractivity (Wildman–Crippen MR) is 66.8 cm³/mol. The molecule has 1 aliphatic rings. The molecular formula is C13H13N3O2. The second kappa shape index (κ2) is 4.91. The SMILES string of the molecule is c1cc(CNc2cncnc2)c2c(c1)OCCO2. The first kappa shape index (κ1) is 10.8. The van der Waals surface area contributed by atoms with Gasteiger partial charge < -0.3 is 14.8 Å². The van der Waals surface area contributed by atoms with Crippen molar-refractivity contribution in [2.24, 2.45) is 0 Å². The molecule has 0 atom stereocenters. The average Bonchev–Trinajstić information content (AvgIpc) is 2.46. The van der Waals surface area contributed by atoms with Crippen molar-refractivity contribution in [2.45, 2.75) is 6.54 Å². The molecule has 5 heteroatoms. The van der Waals surface area contributed by atoms with Gasteiger partial charge in [0.2, 0.25) is 0 Å². The molecule has 0 spiro atoms. The standard InChI is InChI=1S/C13H13N3O2/c1-2-10(6-16-11-7-14-9-15-8-11)13-12(3-1)17-4-5-18-13/h1-3,7-9,16H,4-6H2. The highest BCUT2D eigenvalue weighted by atomic mass is 16.6. The number of hydrogen-bond donors (Lipinski definition) is 1. The maximum atomic E-state index is 5.65. The average molecular weight is 243 g/mol. The molecule has 0 saturated heterocycles. The Morgan fingerprint density at radius 1 is 1.11 bits per heavy atom. The number of benzene rings is 1. The van der Waals surface area contributed by atoms with Gasteiger partial charge in [0.05, 0.1) is 18.1 Å². The zero-order valence-corrected chi connectivity index (χ0v) is 9.80. The Balaban J connectivity index is 1.77. The number of ether oxygens (including phenoxy) is 2. The number of para-hydroxylation sites is 1. The van der Waals surface area contributed by atoms with E-state index in [1.54, 1.807) is 12.4 Å². The molecule has 1 aliphatic heterocycles. The Hall–Kier alpha value is -2.30. The first-order valence-corrected chi connectivity index (χ1v) is 5.80. The fourth-order valence-electron chi connectivity index (χ4n) is 1.86. The van der Waals surface area contributed by atoms with Crippen molar-refractivity contribution in [3.8, 4) is 11.5 Å². The Kier molecular flexibility index (Phi) is 2.96. The summed E-state index contributed by atoms with van der Waals surface area (Å²) in [5, 5.41) is 3.25. The summed E-state index contributed by atoms with van der Waals surface area (Å²) in [6.07, 6.45) is 4.98. The smallest absolute Gasteiger partial charge is 0.166 e. The minimum atomic E-state index is 0.596. The van der Waals surface area contributed by atoms with E-state index >= 15 is 0 Å². The number of aromatic nitrogens is 2. The number of rotatable bonds is 3. The largest absolute Gasteiger partial charge is 0.486 e. The lowest BCUT2D eigenvalue weighted by Crippen LogP contribution is -2.17. The Morgan fingerprint density at radius 2 is 1.94 bits per heavy atom. The Morgan fingerprint density at radius 3 is 2.83 bits per heavy atom. The van der Waals surface area contributed by atoms with Crippen LogP contribution in [0.1, 0.15) is 5.56 Å². The third-order valence-corrected chi connectivity index (χ3v) is 2.69. The fraction of sp³-hybridized carbons (Fsp3) is 0.231. The van der Waals surface area contributed by atoms with Crippen molar-refractivity contribution in [3.63, 3.8) is 0 Å². The predicted octanol–water partition coefficient (Wildman–Crippen LogP) is 1.86. The van der Waals surface area contributed by atoms with Crippen molar-refractivity contribution in [3.05, 3.63) is 42.5 Å². The van der Waals surface area contributed by atoms with Gasteiger partial charge in [-0.25, -0.2) is 9.97 Å². The van der Waals surface area contributed by atoms with Crippen LogP contribution in [0.4, 0.5) is 5.69 Å². The zero-order valence-electron chi connectivity index (χ0n) is 9.80. The molecule has 92 valence electrons. The Bertz CT molecular complexity index is 531. The molecule has 2 heterocycles. The van der Waals surface area contributed by atoms with E-state index in [1.807, 2.05) is 18.2 Å². The summed E-state index contributed by atoms with van der Waals surface area (Å²) in [6, 6.07) is 5.90. The lowest BCUT2D eigenvalue weighted by atomic mass is 10.1. The molecule has 5 nitrogen and oxygen atoms in total. The van der Waals surface area contributed by atoms with E-state index in [0.717, 1.165) is 22.7 Å².